The Morgan fingerprint density at radius 1 is 1.37 bits per heavy atom. The van der Waals surface area contributed by atoms with Crippen LogP contribution in [0.1, 0.15) is 6.42 Å². The number of anilines is 1. The summed E-state index contributed by atoms with van der Waals surface area (Å²) >= 11 is 0. The molecule has 1 aromatic carbocycles. The fourth-order valence-corrected chi connectivity index (χ4v) is 1.94. The molecule has 102 valence electrons. The summed E-state index contributed by atoms with van der Waals surface area (Å²) in [6, 6.07) is 5.97. The Bertz CT molecular complexity index is 487. The highest BCUT2D eigenvalue weighted by Gasteiger charge is 2.32. The van der Waals surface area contributed by atoms with Crippen LogP contribution in [0.5, 0.6) is 0 Å². The van der Waals surface area contributed by atoms with Gasteiger partial charge in [0.1, 0.15) is 5.82 Å². The fraction of sp³-hybridized carbons (Fsp3) is 0.385. The van der Waals surface area contributed by atoms with Gasteiger partial charge in [-0.1, -0.05) is 12.1 Å². The Labute approximate surface area is 110 Å². The number of likely N-dealkylation sites (tertiary alicyclic amines) is 1. The smallest absolute Gasteiger partial charge is 0.309 e. The third-order valence-corrected chi connectivity index (χ3v) is 3.11. The number of halogens is 1. The van der Waals surface area contributed by atoms with Gasteiger partial charge in [0, 0.05) is 26.1 Å². The lowest BCUT2D eigenvalue weighted by Gasteiger charge is -2.36. The van der Waals surface area contributed by atoms with Gasteiger partial charge < -0.3 is 15.3 Å². The first-order chi connectivity index (χ1) is 9.06. The van der Waals surface area contributed by atoms with Crippen molar-refractivity contribution in [2.45, 2.75) is 6.42 Å². The van der Waals surface area contributed by atoms with E-state index in [0.717, 1.165) is 0 Å². The number of rotatable bonds is 5. The number of carboxylic acid groups (broad SMARTS) is 1. The number of hydrogen-bond donors (Lipinski definition) is 2. The van der Waals surface area contributed by atoms with E-state index in [1.165, 1.54) is 12.1 Å². The minimum atomic E-state index is -0.799. The van der Waals surface area contributed by atoms with Crippen LogP contribution in [0.25, 0.3) is 0 Å². The maximum absolute atomic E-state index is 13.3. The number of carbonyl (C=O) groups is 2. The van der Waals surface area contributed by atoms with Gasteiger partial charge in [0.05, 0.1) is 11.6 Å². The number of benzene rings is 1. The SMILES string of the molecule is O=C(CCN1CC(C(=O)O)C1)Nc1ccccc1F. The predicted molar refractivity (Wildman–Crippen MR) is 67.2 cm³/mol. The zero-order valence-corrected chi connectivity index (χ0v) is 10.3. The van der Waals surface area contributed by atoms with Crippen molar-refractivity contribution in [2.75, 3.05) is 25.0 Å². The van der Waals surface area contributed by atoms with Crippen molar-refractivity contribution in [3.05, 3.63) is 30.1 Å². The lowest BCUT2D eigenvalue weighted by Crippen LogP contribution is -2.50. The van der Waals surface area contributed by atoms with Gasteiger partial charge in [-0.15, -0.1) is 0 Å². The lowest BCUT2D eigenvalue weighted by molar-refractivity contribution is -0.147. The molecule has 1 aromatic rings. The zero-order valence-electron chi connectivity index (χ0n) is 10.3. The van der Waals surface area contributed by atoms with Crippen molar-refractivity contribution >= 4 is 17.6 Å². The Morgan fingerprint density at radius 3 is 2.68 bits per heavy atom. The van der Waals surface area contributed by atoms with E-state index in [2.05, 4.69) is 5.32 Å². The molecule has 0 aliphatic carbocycles. The predicted octanol–water partition coefficient (Wildman–Crippen LogP) is 1.17. The number of hydrogen-bond acceptors (Lipinski definition) is 3. The molecule has 2 rings (SSSR count). The molecule has 1 fully saturated rings. The van der Waals surface area contributed by atoms with Crippen LogP contribution in [0.4, 0.5) is 10.1 Å². The molecule has 19 heavy (non-hydrogen) atoms. The molecule has 2 N–H and O–H groups in total. The number of carboxylic acids is 1. The van der Waals surface area contributed by atoms with E-state index in [9.17, 15) is 14.0 Å². The second-order valence-electron chi connectivity index (χ2n) is 4.57. The quantitative estimate of drug-likeness (QED) is 0.839. The highest BCUT2D eigenvalue weighted by molar-refractivity contribution is 5.90. The van der Waals surface area contributed by atoms with Crippen LogP contribution >= 0.6 is 0 Å². The van der Waals surface area contributed by atoms with E-state index in [1.54, 1.807) is 12.1 Å². The molecule has 1 amide bonds. The van der Waals surface area contributed by atoms with Crippen LogP contribution in [0.15, 0.2) is 24.3 Å². The highest BCUT2D eigenvalue weighted by Crippen LogP contribution is 2.16. The van der Waals surface area contributed by atoms with Crippen LogP contribution in [-0.2, 0) is 9.59 Å². The van der Waals surface area contributed by atoms with Crippen LogP contribution in [0.3, 0.4) is 0 Å². The van der Waals surface area contributed by atoms with Crippen molar-refractivity contribution < 1.29 is 19.1 Å². The van der Waals surface area contributed by atoms with Crippen molar-refractivity contribution in [1.29, 1.82) is 0 Å². The van der Waals surface area contributed by atoms with Gasteiger partial charge in [0.15, 0.2) is 0 Å². The molecule has 1 aliphatic heterocycles. The van der Waals surface area contributed by atoms with E-state index in [0.29, 0.717) is 19.6 Å². The lowest BCUT2D eigenvalue weighted by atomic mass is 10.0. The molecule has 6 heteroatoms. The molecule has 0 radical (unpaired) electrons. The summed E-state index contributed by atoms with van der Waals surface area (Å²) in [6.45, 7) is 1.44. The summed E-state index contributed by atoms with van der Waals surface area (Å²) in [5.74, 6) is -1.86. The second-order valence-corrected chi connectivity index (χ2v) is 4.57. The minimum absolute atomic E-state index is 0.166. The highest BCUT2D eigenvalue weighted by atomic mass is 19.1. The van der Waals surface area contributed by atoms with E-state index in [-0.39, 0.29) is 23.9 Å². The molecule has 0 atom stereocenters. The first kappa shape index (κ1) is 13.5. The largest absolute Gasteiger partial charge is 0.481 e. The molecule has 0 bridgehead atoms. The molecule has 0 spiro atoms. The van der Waals surface area contributed by atoms with Gasteiger partial charge in [0.25, 0.3) is 0 Å². The maximum Gasteiger partial charge on any atom is 0.309 e. The van der Waals surface area contributed by atoms with E-state index < -0.39 is 11.8 Å². The molecule has 0 saturated carbocycles. The van der Waals surface area contributed by atoms with Crippen molar-refractivity contribution in [2.24, 2.45) is 5.92 Å². The number of amides is 1. The topological polar surface area (TPSA) is 69.6 Å². The van der Waals surface area contributed by atoms with Crippen molar-refractivity contribution in [3.8, 4) is 0 Å². The molecule has 1 aliphatic rings. The van der Waals surface area contributed by atoms with Gasteiger partial charge in [-0.3, -0.25) is 9.59 Å². The van der Waals surface area contributed by atoms with Crippen LogP contribution < -0.4 is 5.32 Å². The third kappa shape index (κ3) is 3.51. The summed E-state index contributed by atoms with van der Waals surface area (Å²) in [5.41, 5.74) is 0.166. The summed E-state index contributed by atoms with van der Waals surface area (Å²) in [4.78, 5) is 24.1. The Kier molecular flexibility index (Phi) is 4.11. The average molecular weight is 266 g/mol. The van der Waals surface area contributed by atoms with Crippen LogP contribution in [-0.4, -0.2) is 41.5 Å². The fourth-order valence-electron chi connectivity index (χ4n) is 1.94. The Hall–Kier alpha value is -1.95. The number of carbonyl (C=O) groups excluding carboxylic acids is 1. The number of para-hydroxylation sites is 1. The molecule has 0 aromatic heterocycles. The first-order valence-electron chi connectivity index (χ1n) is 6.06. The molecule has 1 saturated heterocycles. The van der Waals surface area contributed by atoms with Crippen molar-refractivity contribution in [1.82, 2.24) is 4.90 Å². The third-order valence-electron chi connectivity index (χ3n) is 3.11. The van der Waals surface area contributed by atoms with E-state index in [4.69, 9.17) is 5.11 Å². The standard InChI is InChI=1S/C13H15FN2O3/c14-10-3-1-2-4-11(10)15-12(17)5-6-16-7-9(8-16)13(18)19/h1-4,9H,5-8H2,(H,15,17)(H,18,19). The summed E-state index contributed by atoms with van der Waals surface area (Å²) in [5, 5.41) is 11.2. The number of nitrogens with one attached hydrogen (secondary N) is 1. The molecule has 0 unspecified atom stereocenters. The normalized spacial score (nSPS) is 15.8. The zero-order chi connectivity index (χ0) is 13.8. The van der Waals surface area contributed by atoms with Crippen LogP contribution in [0.2, 0.25) is 0 Å². The van der Waals surface area contributed by atoms with E-state index >= 15 is 0 Å². The molecule has 1 heterocycles. The van der Waals surface area contributed by atoms with Crippen molar-refractivity contribution in [3.63, 3.8) is 0 Å². The van der Waals surface area contributed by atoms with Crippen LogP contribution in [0, 0.1) is 11.7 Å². The van der Waals surface area contributed by atoms with E-state index in [1.807, 2.05) is 4.90 Å². The number of aliphatic carboxylic acids is 1. The summed E-state index contributed by atoms with van der Waals surface area (Å²) < 4.78 is 13.3. The molecule has 5 nitrogen and oxygen atoms in total. The molecular formula is C13H15FN2O3. The van der Waals surface area contributed by atoms with Gasteiger partial charge in [0.2, 0.25) is 5.91 Å². The Balaban J connectivity index is 1.72. The van der Waals surface area contributed by atoms with Gasteiger partial charge in [-0.05, 0) is 12.1 Å². The maximum atomic E-state index is 13.3. The monoisotopic (exact) mass is 266 g/mol. The number of nitrogens with zero attached hydrogens (tertiary/aromatic N) is 1. The molecular weight excluding hydrogens is 251 g/mol. The summed E-state index contributed by atoms with van der Waals surface area (Å²) in [6.07, 6.45) is 0.223. The minimum Gasteiger partial charge on any atom is -0.481 e. The first-order valence-corrected chi connectivity index (χ1v) is 6.06. The average Bonchev–Trinajstić information content (AvgIpc) is 2.29. The second kappa shape index (κ2) is 5.79. The van der Waals surface area contributed by atoms with Gasteiger partial charge >= 0.3 is 5.97 Å². The Morgan fingerprint density at radius 2 is 2.05 bits per heavy atom. The summed E-state index contributed by atoms with van der Waals surface area (Å²) in [7, 11) is 0. The van der Waals surface area contributed by atoms with Gasteiger partial charge in [-0.25, -0.2) is 4.39 Å². The van der Waals surface area contributed by atoms with Gasteiger partial charge in [-0.2, -0.15) is 0 Å².